The first kappa shape index (κ1) is 10.3. The van der Waals surface area contributed by atoms with E-state index in [2.05, 4.69) is 17.2 Å². The lowest BCUT2D eigenvalue weighted by molar-refractivity contribution is 0.437. The molecule has 2 aliphatic rings. The molecule has 0 aromatic carbocycles. The maximum atomic E-state index is 5.60. The monoisotopic (exact) mass is 220 g/mol. The van der Waals surface area contributed by atoms with E-state index in [4.69, 9.17) is 4.42 Å². The van der Waals surface area contributed by atoms with Crippen molar-refractivity contribution in [3.8, 4) is 0 Å². The smallest absolute Gasteiger partial charge is 0.181 e. The summed E-state index contributed by atoms with van der Waals surface area (Å²) in [6, 6.07) is 0. The van der Waals surface area contributed by atoms with E-state index in [0.717, 1.165) is 36.4 Å². The Kier molecular flexibility index (Phi) is 2.72. The lowest BCUT2D eigenvalue weighted by Crippen LogP contribution is -2.15. The highest BCUT2D eigenvalue weighted by Crippen LogP contribution is 2.57. The fourth-order valence-electron chi connectivity index (χ4n) is 3.06. The van der Waals surface area contributed by atoms with E-state index in [1.807, 2.05) is 0 Å². The van der Waals surface area contributed by atoms with E-state index in [1.54, 1.807) is 6.39 Å². The lowest BCUT2D eigenvalue weighted by atomic mass is 9.99. The van der Waals surface area contributed by atoms with Crippen LogP contribution in [0, 0.1) is 11.8 Å². The van der Waals surface area contributed by atoms with Gasteiger partial charge in [-0.3, -0.25) is 0 Å². The fourth-order valence-corrected chi connectivity index (χ4v) is 3.06. The first-order chi connectivity index (χ1) is 7.88. The summed E-state index contributed by atoms with van der Waals surface area (Å²) < 4.78 is 5.60. The minimum Gasteiger partial charge on any atom is -0.448 e. The van der Waals surface area contributed by atoms with Crippen LogP contribution in [0.15, 0.2) is 10.8 Å². The van der Waals surface area contributed by atoms with Crippen LogP contribution in [0.2, 0.25) is 0 Å². The predicted octanol–water partition coefficient (Wildman–Crippen LogP) is 2.69. The molecule has 2 atom stereocenters. The Bertz CT molecular complexity index is 351. The van der Waals surface area contributed by atoms with Crippen molar-refractivity contribution in [2.75, 3.05) is 6.54 Å². The van der Waals surface area contributed by atoms with E-state index in [1.165, 1.54) is 25.7 Å². The molecule has 0 bridgehead atoms. The molecule has 0 amide bonds. The van der Waals surface area contributed by atoms with Crippen LogP contribution >= 0.6 is 0 Å². The average Bonchev–Trinajstić information content (AvgIpc) is 2.76. The summed E-state index contributed by atoms with van der Waals surface area (Å²) in [6.07, 6.45) is 6.92. The molecule has 1 heterocycles. The van der Waals surface area contributed by atoms with Crippen molar-refractivity contribution in [2.45, 2.75) is 45.1 Å². The van der Waals surface area contributed by atoms with Crippen LogP contribution in [0.5, 0.6) is 0 Å². The van der Waals surface area contributed by atoms with Gasteiger partial charge in [0.25, 0.3) is 0 Å². The second-order valence-electron chi connectivity index (χ2n) is 5.26. The number of nitrogens with one attached hydrogen (secondary N) is 1. The highest BCUT2D eigenvalue weighted by atomic mass is 16.3. The van der Waals surface area contributed by atoms with Crippen molar-refractivity contribution in [1.29, 1.82) is 0 Å². The summed E-state index contributed by atoms with van der Waals surface area (Å²) in [5.74, 6) is 3.83. The molecule has 1 N–H and O–H groups in total. The van der Waals surface area contributed by atoms with Gasteiger partial charge in [-0.25, -0.2) is 4.98 Å². The normalized spacial score (nSPS) is 31.7. The Morgan fingerprint density at radius 3 is 2.94 bits per heavy atom. The number of rotatable bonds is 5. The molecule has 2 fully saturated rings. The van der Waals surface area contributed by atoms with Crippen molar-refractivity contribution in [3.63, 3.8) is 0 Å². The SMILES string of the molecule is CCCNCc1ncoc1C1CC2CC2C1. The summed E-state index contributed by atoms with van der Waals surface area (Å²) in [7, 11) is 0. The lowest BCUT2D eigenvalue weighted by Gasteiger charge is -2.10. The van der Waals surface area contributed by atoms with Crippen LogP contribution in [0.3, 0.4) is 0 Å². The molecule has 3 heteroatoms. The largest absolute Gasteiger partial charge is 0.448 e. The molecular formula is C13H20N2O. The van der Waals surface area contributed by atoms with E-state index < -0.39 is 0 Å². The number of fused-ring (bicyclic) bond motifs is 1. The number of hydrogen-bond donors (Lipinski definition) is 1. The summed E-state index contributed by atoms with van der Waals surface area (Å²) >= 11 is 0. The van der Waals surface area contributed by atoms with Crippen molar-refractivity contribution in [2.24, 2.45) is 11.8 Å². The zero-order valence-electron chi connectivity index (χ0n) is 9.91. The van der Waals surface area contributed by atoms with Gasteiger partial charge in [-0.1, -0.05) is 6.92 Å². The molecule has 2 saturated carbocycles. The van der Waals surface area contributed by atoms with Gasteiger partial charge in [0.1, 0.15) is 5.76 Å². The van der Waals surface area contributed by atoms with E-state index in [0.29, 0.717) is 5.92 Å². The number of hydrogen-bond acceptors (Lipinski definition) is 3. The molecule has 88 valence electrons. The molecule has 16 heavy (non-hydrogen) atoms. The third-order valence-electron chi connectivity index (χ3n) is 4.01. The highest BCUT2D eigenvalue weighted by molar-refractivity contribution is 5.17. The topological polar surface area (TPSA) is 38.1 Å². The summed E-state index contributed by atoms with van der Waals surface area (Å²) in [6.45, 7) is 4.11. The molecule has 0 radical (unpaired) electrons. The summed E-state index contributed by atoms with van der Waals surface area (Å²) in [5, 5.41) is 3.40. The second kappa shape index (κ2) is 4.21. The van der Waals surface area contributed by atoms with Crippen molar-refractivity contribution >= 4 is 0 Å². The van der Waals surface area contributed by atoms with Crippen LogP contribution in [0.4, 0.5) is 0 Å². The highest BCUT2D eigenvalue weighted by Gasteiger charge is 2.47. The second-order valence-corrected chi connectivity index (χ2v) is 5.26. The van der Waals surface area contributed by atoms with Crippen LogP contribution in [0.1, 0.15) is 50.0 Å². The van der Waals surface area contributed by atoms with Crippen LogP contribution in [0.25, 0.3) is 0 Å². The minimum absolute atomic E-state index is 0.657. The molecule has 1 aromatic heterocycles. The number of oxazole rings is 1. The van der Waals surface area contributed by atoms with Gasteiger partial charge in [0.15, 0.2) is 6.39 Å². The van der Waals surface area contributed by atoms with Gasteiger partial charge in [0.05, 0.1) is 5.69 Å². The van der Waals surface area contributed by atoms with Crippen LogP contribution in [-0.2, 0) is 6.54 Å². The Hall–Kier alpha value is -0.830. The van der Waals surface area contributed by atoms with Gasteiger partial charge >= 0.3 is 0 Å². The van der Waals surface area contributed by atoms with Crippen LogP contribution < -0.4 is 5.32 Å². The fraction of sp³-hybridized carbons (Fsp3) is 0.769. The molecule has 2 unspecified atom stereocenters. The van der Waals surface area contributed by atoms with Crippen molar-refractivity contribution in [3.05, 3.63) is 17.8 Å². The minimum atomic E-state index is 0.657. The van der Waals surface area contributed by atoms with Gasteiger partial charge in [-0.05, 0) is 44.1 Å². The maximum Gasteiger partial charge on any atom is 0.181 e. The molecule has 2 aliphatic carbocycles. The average molecular weight is 220 g/mol. The van der Waals surface area contributed by atoms with Crippen molar-refractivity contribution < 1.29 is 4.42 Å². The molecule has 0 spiro atoms. The molecule has 3 nitrogen and oxygen atoms in total. The standard InChI is InChI=1S/C13H20N2O/c1-2-3-14-7-12-13(16-8-15-12)11-5-9-4-10(9)6-11/h8-11,14H,2-7H2,1H3. The van der Waals surface area contributed by atoms with Gasteiger partial charge in [0.2, 0.25) is 0 Å². The molecule has 0 saturated heterocycles. The Labute approximate surface area is 96.6 Å². The maximum absolute atomic E-state index is 5.60. The van der Waals surface area contributed by atoms with Crippen LogP contribution in [-0.4, -0.2) is 11.5 Å². The Balaban J connectivity index is 1.63. The Morgan fingerprint density at radius 1 is 1.38 bits per heavy atom. The first-order valence-electron chi connectivity index (χ1n) is 6.51. The number of aromatic nitrogens is 1. The van der Waals surface area contributed by atoms with Gasteiger partial charge < -0.3 is 9.73 Å². The van der Waals surface area contributed by atoms with Gasteiger partial charge in [-0.2, -0.15) is 0 Å². The predicted molar refractivity (Wildman–Crippen MR) is 62.1 cm³/mol. The summed E-state index contributed by atoms with van der Waals surface area (Å²) in [5.41, 5.74) is 1.14. The van der Waals surface area contributed by atoms with Crippen molar-refractivity contribution in [1.82, 2.24) is 10.3 Å². The quantitative estimate of drug-likeness (QED) is 0.775. The molecular weight excluding hydrogens is 200 g/mol. The van der Waals surface area contributed by atoms with E-state index >= 15 is 0 Å². The summed E-state index contributed by atoms with van der Waals surface area (Å²) in [4.78, 5) is 4.34. The van der Waals surface area contributed by atoms with E-state index in [9.17, 15) is 0 Å². The van der Waals surface area contributed by atoms with Gasteiger partial charge in [0, 0.05) is 12.5 Å². The number of nitrogens with zero attached hydrogens (tertiary/aromatic N) is 1. The zero-order valence-corrected chi connectivity index (χ0v) is 9.91. The Morgan fingerprint density at radius 2 is 2.19 bits per heavy atom. The van der Waals surface area contributed by atoms with E-state index in [-0.39, 0.29) is 0 Å². The molecule has 3 rings (SSSR count). The third kappa shape index (κ3) is 1.88. The zero-order chi connectivity index (χ0) is 11.0. The molecule has 1 aromatic rings. The first-order valence-corrected chi connectivity index (χ1v) is 6.51. The third-order valence-corrected chi connectivity index (χ3v) is 4.01. The van der Waals surface area contributed by atoms with Gasteiger partial charge in [-0.15, -0.1) is 0 Å². The molecule has 0 aliphatic heterocycles.